The lowest BCUT2D eigenvalue weighted by molar-refractivity contribution is 0.572. The van der Waals surface area contributed by atoms with E-state index in [1.807, 2.05) is 18.2 Å². The number of rotatable bonds is 1. The normalized spacial score (nSPS) is 11.8. The first-order valence-corrected chi connectivity index (χ1v) is 7.49. The molecule has 106 valence electrons. The van der Waals surface area contributed by atoms with Crippen LogP contribution in [0.5, 0.6) is 0 Å². The van der Waals surface area contributed by atoms with Gasteiger partial charge < -0.3 is 0 Å². The number of hydrogen-bond donors (Lipinski definition) is 0. The van der Waals surface area contributed by atoms with E-state index in [1.54, 1.807) is 0 Å². The number of nitrogens with zero attached hydrogens (tertiary/aromatic N) is 1. The fourth-order valence-corrected chi connectivity index (χ4v) is 2.55. The van der Waals surface area contributed by atoms with Crippen LogP contribution in [0.25, 0.3) is 22.0 Å². The molecule has 0 unspecified atom stereocenters. The second-order valence-electron chi connectivity index (χ2n) is 6.33. The third kappa shape index (κ3) is 2.79. The van der Waals surface area contributed by atoms with Gasteiger partial charge in [-0.15, -0.1) is 0 Å². The summed E-state index contributed by atoms with van der Waals surface area (Å²) in [6, 6.07) is 18.5. The molecule has 1 nitrogen and oxygen atoms in total. The van der Waals surface area contributed by atoms with E-state index in [1.165, 1.54) is 16.5 Å². The minimum atomic E-state index is 0.0191. The first-order chi connectivity index (χ1) is 9.95. The Balaban J connectivity index is 2.31. The molecule has 2 heteroatoms. The average Bonchev–Trinajstić information content (AvgIpc) is 2.46. The van der Waals surface area contributed by atoms with E-state index < -0.39 is 0 Å². The van der Waals surface area contributed by atoms with Gasteiger partial charge in [0.15, 0.2) is 0 Å². The van der Waals surface area contributed by atoms with Crippen molar-refractivity contribution >= 4 is 22.5 Å². The number of fused-ring (bicyclic) bond motifs is 1. The summed E-state index contributed by atoms with van der Waals surface area (Å²) in [5.41, 5.74) is 4.54. The van der Waals surface area contributed by atoms with Crippen LogP contribution < -0.4 is 0 Å². The number of para-hydroxylation sites is 1. The average molecular weight is 296 g/mol. The van der Waals surface area contributed by atoms with Gasteiger partial charge in [0, 0.05) is 21.5 Å². The summed E-state index contributed by atoms with van der Waals surface area (Å²) in [4.78, 5) is 4.82. The predicted molar refractivity (Wildman–Crippen MR) is 90.9 cm³/mol. The van der Waals surface area contributed by atoms with Crippen molar-refractivity contribution < 1.29 is 0 Å². The molecule has 21 heavy (non-hydrogen) atoms. The van der Waals surface area contributed by atoms with Crippen LogP contribution in [0.1, 0.15) is 26.5 Å². The molecule has 3 aromatic rings. The van der Waals surface area contributed by atoms with Gasteiger partial charge in [0.05, 0.1) is 5.52 Å². The smallest absolute Gasteiger partial charge is 0.0711 e. The maximum absolute atomic E-state index is 6.01. The number of halogens is 1. The molecule has 0 radical (unpaired) electrons. The standard InChI is InChI=1S/C19H18ClN/c1-19(2,3)18-12-16(13-8-10-14(20)11-9-13)15-6-4-5-7-17(15)21-18/h4-12H,1-3H3. The predicted octanol–water partition coefficient (Wildman–Crippen LogP) is 5.85. The van der Waals surface area contributed by atoms with Crippen LogP contribution in [0.2, 0.25) is 5.02 Å². The van der Waals surface area contributed by atoms with Gasteiger partial charge in [-0.25, -0.2) is 0 Å². The zero-order valence-corrected chi connectivity index (χ0v) is 13.3. The molecule has 0 amide bonds. The van der Waals surface area contributed by atoms with Gasteiger partial charge in [-0.3, -0.25) is 4.98 Å². The Morgan fingerprint density at radius 1 is 0.905 bits per heavy atom. The summed E-state index contributed by atoms with van der Waals surface area (Å²) in [5, 5.41) is 1.93. The molecule has 0 aliphatic carbocycles. The van der Waals surface area contributed by atoms with Crippen LogP contribution in [0, 0.1) is 0 Å². The molecule has 0 saturated carbocycles. The first kappa shape index (κ1) is 14.1. The molecule has 0 fully saturated rings. The second-order valence-corrected chi connectivity index (χ2v) is 6.77. The lowest BCUT2D eigenvalue weighted by Gasteiger charge is -2.20. The SMILES string of the molecule is CC(C)(C)c1cc(-c2ccc(Cl)cc2)c2ccccc2n1. The highest BCUT2D eigenvalue weighted by Crippen LogP contribution is 2.32. The topological polar surface area (TPSA) is 12.9 Å². The van der Waals surface area contributed by atoms with E-state index in [0.717, 1.165) is 16.2 Å². The summed E-state index contributed by atoms with van der Waals surface area (Å²) in [7, 11) is 0. The Hall–Kier alpha value is -1.86. The summed E-state index contributed by atoms with van der Waals surface area (Å²) in [6.07, 6.45) is 0. The van der Waals surface area contributed by atoms with E-state index >= 15 is 0 Å². The molecular formula is C19H18ClN. The Morgan fingerprint density at radius 3 is 2.24 bits per heavy atom. The van der Waals surface area contributed by atoms with Gasteiger partial charge in [-0.05, 0) is 35.4 Å². The number of pyridine rings is 1. The van der Waals surface area contributed by atoms with Crippen molar-refractivity contribution in [2.75, 3.05) is 0 Å². The summed E-state index contributed by atoms with van der Waals surface area (Å²) < 4.78 is 0. The number of hydrogen-bond acceptors (Lipinski definition) is 1. The maximum Gasteiger partial charge on any atom is 0.0711 e. The third-order valence-corrected chi connectivity index (χ3v) is 3.89. The van der Waals surface area contributed by atoms with Gasteiger partial charge in [0.2, 0.25) is 0 Å². The van der Waals surface area contributed by atoms with Crippen LogP contribution in [-0.4, -0.2) is 4.98 Å². The van der Waals surface area contributed by atoms with Gasteiger partial charge >= 0.3 is 0 Å². The first-order valence-electron chi connectivity index (χ1n) is 7.11. The maximum atomic E-state index is 6.01. The van der Waals surface area contributed by atoms with Crippen LogP contribution in [0.3, 0.4) is 0 Å². The van der Waals surface area contributed by atoms with Crippen molar-refractivity contribution in [2.24, 2.45) is 0 Å². The lowest BCUT2D eigenvalue weighted by atomic mass is 9.88. The van der Waals surface area contributed by atoms with Gasteiger partial charge in [-0.2, -0.15) is 0 Å². The summed E-state index contributed by atoms with van der Waals surface area (Å²) in [6.45, 7) is 6.57. The molecule has 0 bridgehead atoms. The summed E-state index contributed by atoms with van der Waals surface area (Å²) >= 11 is 6.01. The van der Waals surface area contributed by atoms with Crippen LogP contribution in [-0.2, 0) is 5.41 Å². The van der Waals surface area contributed by atoms with E-state index in [4.69, 9.17) is 16.6 Å². The van der Waals surface area contributed by atoms with Crippen LogP contribution >= 0.6 is 11.6 Å². The second kappa shape index (κ2) is 5.16. The van der Waals surface area contributed by atoms with Crippen molar-refractivity contribution in [3.8, 4) is 11.1 Å². The Morgan fingerprint density at radius 2 is 1.57 bits per heavy atom. The van der Waals surface area contributed by atoms with Gasteiger partial charge in [0.25, 0.3) is 0 Å². The summed E-state index contributed by atoms with van der Waals surface area (Å²) in [5.74, 6) is 0. The fraction of sp³-hybridized carbons (Fsp3) is 0.211. The zero-order chi connectivity index (χ0) is 15.0. The molecule has 0 N–H and O–H groups in total. The minimum Gasteiger partial charge on any atom is -0.252 e. The third-order valence-electron chi connectivity index (χ3n) is 3.64. The molecule has 0 aliphatic heterocycles. The monoisotopic (exact) mass is 295 g/mol. The zero-order valence-electron chi connectivity index (χ0n) is 12.5. The highest BCUT2D eigenvalue weighted by atomic mass is 35.5. The van der Waals surface area contributed by atoms with E-state index in [2.05, 4.69) is 57.2 Å². The van der Waals surface area contributed by atoms with E-state index in [9.17, 15) is 0 Å². The van der Waals surface area contributed by atoms with E-state index in [0.29, 0.717) is 0 Å². The molecule has 0 spiro atoms. The van der Waals surface area contributed by atoms with E-state index in [-0.39, 0.29) is 5.41 Å². The molecule has 3 rings (SSSR count). The Labute approximate surface area is 130 Å². The molecule has 2 aromatic carbocycles. The van der Waals surface area contributed by atoms with Crippen LogP contribution in [0.4, 0.5) is 0 Å². The van der Waals surface area contributed by atoms with Crippen molar-refractivity contribution in [3.63, 3.8) is 0 Å². The van der Waals surface area contributed by atoms with Crippen molar-refractivity contribution in [3.05, 3.63) is 65.3 Å². The number of benzene rings is 2. The molecule has 0 aliphatic rings. The van der Waals surface area contributed by atoms with Crippen molar-refractivity contribution in [1.29, 1.82) is 0 Å². The van der Waals surface area contributed by atoms with Crippen LogP contribution in [0.15, 0.2) is 54.6 Å². The highest BCUT2D eigenvalue weighted by molar-refractivity contribution is 6.30. The molecule has 0 atom stereocenters. The Bertz CT molecular complexity index is 783. The van der Waals surface area contributed by atoms with Gasteiger partial charge in [0.1, 0.15) is 0 Å². The minimum absolute atomic E-state index is 0.0191. The largest absolute Gasteiger partial charge is 0.252 e. The molecule has 1 heterocycles. The van der Waals surface area contributed by atoms with Crippen molar-refractivity contribution in [1.82, 2.24) is 4.98 Å². The molecule has 1 aromatic heterocycles. The van der Waals surface area contributed by atoms with Gasteiger partial charge in [-0.1, -0.05) is 62.7 Å². The molecule has 0 saturated heterocycles. The fourth-order valence-electron chi connectivity index (χ4n) is 2.43. The highest BCUT2D eigenvalue weighted by Gasteiger charge is 2.18. The number of aromatic nitrogens is 1. The molecular weight excluding hydrogens is 278 g/mol. The quantitative estimate of drug-likeness (QED) is 0.548. The van der Waals surface area contributed by atoms with Crippen molar-refractivity contribution in [2.45, 2.75) is 26.2 Å². The lowest BCUT2D eigenvalue weighted by Crippen LogP contribution is -2.13. The Kier molecular flexibility index (Phi) is 3.46.